The Hall–Kier alpha value is -2.77. The van der Waals surface area contributed by atoms with E-state index in [0.29, 0.717) is 6.54 Å². The molecule has 1 aromatic carbocycles. The van der Waals surface area contributed by atoms with Gasteiger partial charge in [-0.25, -0.2) is 14.1 Å². The highest BCUT2D eigenvalue weighted by Crippen LogP contribution is 2.05. The van der Waals surface area contributed by atoms with Gasteiger partial charge < -0.3 is 10.6 Å². The number of benzene rings is 1. The molecular formula is C15H18FN5O2. The van der Waals surface area contributed by atoms with Gasteiger partial charge in [0.2, 0.25) is 5.91 Å². The topological polar surface area (TPSA) is 88.9 Å². The zero-order valence-corrected chi connectivity index (χ0v) is 12.7. The molecule has 7 nitrogen and oxygen atoms in total. The van der Waals surface area contributed by atoms with Crippen molar-refractivity contribution in [3.05, 3.63) is 48.3 Å². The van der Waals surface area contributed by atoms with E-state index in [9.17, 15) is 14.0 Å². The summed E-state index contributed by atoms with van der Waals surface area (Å²) >= 11 is 0. The largest absolute Gasteiger partial charge is 0.354 e. The van der Waals surface area contributed by atoms with Crippen LogP contribution in [0.4, 0.5) is 4.39 Å². The van der Waals surface area contributed by atoms with E-state index in [-0.39, 0.29) is 30.5 Å². The zero-order valence-electron chi connectivity index (χ0n) is 12.7. The molecule has 1 atom stereocenters. The first kappa shape index (κ1) is 16.6. The Morgan fingerprint density at radius 3 is 2.78 bits per heavy atom. The third-order valence-electron chi connectivity index (χ3n) is 3.24. The van der Waals surface area contributed by atoms with Crippen LogP contribution >= 0.6 is 0 Å². The van der Waals surface area contributed by atoms with Gasteiger partial charge in [-0.15, -0.1) is 0 Å². The van der Waals surface area contributed by atoms with Crippen molar-refractivity contribution < 1.29 is 14.0 Å². The van der Waals surface area contributed by atoms with Crippen molar-refractivity contribution in [1.29, 1.82) is 0 Å². The summed E-state index contributed by atoms with van der Waals surface area (Å²) in [5.74, 6) is -1.33. The fourth-order valence-electron chi connectivity index (χ4n) is 1.92. The van der Waals surface area contributed by atoms with Crippen molar-refractivity contribution in [3.63, 3.8) is 0 Å². The second-order valence-corrected chi connectivity index (χ2v) is 5.01. The van der Waals surface area contributed by atoms with Gasteiger partial charge in [-0.2, -0.15) is 5.10 Å². The number of rotatable bonds is 7. The second-order valence-electron chi connectivity index (χ2n) is 5.01. The number of nitrogens with zero attached hydrogens (tertiary/aromatic N) is 3. The van der Waals surface area contributed by atoms with Crippen molar-refractivity contribution in [3.8, 4) is 0 Å². The number of amides is 2. The summed E-state index contributed by atoms with van der Waals surface area (Å²) in [6.45, 7) is 2.44. The van der Waals surface area contributed by atoms with Gasteiger partial charge in [-0.3, -0.25) is 9.59 Å². The molecule has 2 rings (SSSR count). The molecule has 2 aromatic rings. The van der Waals surface area contributed by atoms with Gasteiger partial charge in [-0.05, 0) is 19.1 Å². The van der Waals surface area contributed by atoms with Gasteiger partial charge in [0, 0.05) is 19.5 Å². The number of aromatic nitrogens is 3. The Labute approximate surface area is 132 Å². The number of hydrogen-bond acceptors (Lipinski definition) is 4. The van der Waals surface area contributed by atoms with Crippen molar-refractivity contribution in [2.75, 3.05) is 13.1 Å². The van der Waals surface area contributed by atoms with Crippen molar-refractivity contribution >= 4 is 11.8 Å². The first-order valence-electron chi connectivity index (χ1n) is 7.21. The molecule has 0 aliphatic heterocycles. The van der Waals surface area contributed by atoms with E-state index in [1.807, 2.05) is 6.92 Å². The quantitative estimate of drug-likeness (QED) is 0.794. The Bertz CT molecular complexity index is 660. The SMILES string of the molecule is C[C@@H](CNC(=O)CCNC(=O)c1ccccc1F)n1cncn1. The van der Waals surface area contributed by atoms with Crippen LogP contribution in [0.5, 0.6) is 0 Å². The third-order valence-corrected chi connectivity index (χ3v) is 3.24. The van der Waals surface area contributed by atoms with Gasteiger partial charge in [0.15, 0.2) is 0 Å². The molecule has 0 saturated heterocycles. The molecule has 122 valence electrons. The zero-order chi connectivity index (χ0) is 16.7. The Morgan fingerprint density at radius 2 is 2.09 bits per heavy atom. The molecule has 1 aromatic heterocycles. The summed E-state index contributed by atoms with van der Waals surface area (Å²) in [6, 6.07) is 5.68. The first-order chi connectivity index (χ1) is 11.1. The lowest BCUT2D eigenvalue weighted by Crippen LogP contribution is -2.33. The lowest BCUT2D eigenvalue weighted by molar-refractivity contribution is -0.121. The van der Waals surface area contributed by atoms with E-state index in [1.54, 1.807) is 17.1 Å². The van der Waals surface area contributed by atoms with E-state index < -0.39 is 11.7 Å². The molecule has 0 saturated carbocycles. The lowest BCUT2D eigenvalue weighted by Gasteiger charge is -2.12. The Kier molecular flexibility index (Phi) is 5.79. The minimum absolute atomic E-state index is 0.0190. The summed E-state index contributed by atoms with van der Waals surface area (Å²) in [6.07, 6.45) is 3.12. The van der Waals surface area contributed by atoms with Gasteiger partial charge in [-0.1, -0.05) is 12.1 Å². The van der Waals surface area contributed by atoms with Crippen LogP contribution in [-0.2, 0) is 4.79 Å². The molecular weight excluding hydrogens is 301 g/mol. The summed E-state index contributed by atoms with van der Waals surface area (Å²) in [4.78, 5) is 27.3. The smallest absolute Gasteiger partial charge is 0.254 e. The minimum atomic E-state index is -0.587. The fraction of sp³-hybridized carbons (Fsp3) is 0.333. The van der Waals surface area contributed by atoms with E-state index in [4.69, 9.17) is 0 Å². The highest BCUT2D eigenvalue weighted by molar-refractivity contribution is 5.94. The minimum Gasteiger partial charge on any atom is -0.354 e. The monoisotopic (exact) mass is 319 g/mol. The van der Waals surface area contributed by atoms with E-state index in [1.165, 1.54) is 24.5 Å². The molecule has 0 spiro atoms. The maximum Gasteiger partial charge on any atom is 0.254 e. The van der Waals surface area contributed by atoms with Crippen LogP contribution < -0.4 is 10.6 Å². The van der Waals surface area contributed by atoms with E-state index in [2.05, 4.69) is 20.7 Å². The maximum atomic E-state index is 13.4. The maximum absolute atomic E-state index is 13.4. The number of carbonyl (C=O) groups is 2. The predicted octanol–water partition coefficient (Wildman–Crippen LogP) is 0.914. The van der Waals surface area contributed by atoms with Crippen molar-refractivity contribution in [2.45, 2.75) is 19.4 Å². The van der Waals surface area contributed by atoms with Gasteiger partial charge in [0.1, 0.15) is 18.5 Å². The van der Waals surface area contributed by atoms with Crippen LogP contribution in [0, 0.1) is 5.82 Å². The molecule has 1 heterocycles. The fourth-order valence-corrected chi connectivity index (χ4v) is 1.92. The molecule has 23 heavy (non-hydrogen) atoms. The van der Waals surface area contributed by atoms with Crippen LogP contribution in [0.15, 0.2) is 36.9 Å². The number of halogens is 1. The lowest BCUT2D eigenvalue weighted by atomic mass is 10.2. The highest BCUT2D eigenvalue weighted by atomic mass is 19.1. The molecule has 0 radical (unpaired) electrons. The summed E-state index contributed by atoms with van der Waals surface area (Å²) in [5.41, 5.74) is -0.0345. The predicted molar refractivity (Wildman–Crippen MR) is 81.1 cm³/mol. The standard InChI is InChI=1S/C15H18FN5O2/c1-11(21-10-17-9-20-21)8-19-14(22)6-7-18-15(23)12-4-2-3-5-13(12)16/h2-5,9-11H,6-8H2,1H3,(H,18,23)(H,19,22)/t11-/m0/s1. The molecule has 0 fully saturated rings. The van der Waals surface area contributed by atoms with Crippen LogP contribution in [0.25, 0.3) is 0 Å². The van der Waals surface area contributed by atoms with Gasteiger partial charge >= 0.3 is 0 Å². The summed E-state index contributed by atoms with van der Waals surface area (Å²) in [7, 11) is 0. The number of nitrogens with one attached hydrogen (secondary N) is 2. The molecule has 0 bridgehead atoms. The Morgan fingerprint density at radius 1 is 1.30 bits per heavy atom. The number of carbonyl (C=O) groups excluding carboxylic acids is 2. The van der Waals surface area contributed by atoms with E-state index in [0.717, 1.165) is 0 Å². The average Bonchev–Trinajstić information content (AvgIpc) is 3.07. The third kappa shape index (κ3) is 4.87. The van der Waals surface area contributed by atoms with E-state index >= 15 is 0 Å². The van der Waals surface area contributed by atoms with Gasteiger partial charge in [0.25, 0.3) is 5.91 Å². The Balaban J connectivity index is 1.69. The second kappa shape index (κ2) is 8.02. The number of hydrogen-bond donors (Lipinski definition) is 2. The van der Waals surface area contributed by atoms with Crippen molar-refractivity contribution in [1.82, 2.24) is 25.4 Å². The molecule has 2 N–H and O–H groups in total. The molecule has 0 aliphatic carbocycles. The van der Waals surface area contributed by atoms with Crippen LogP contribution in [0.3, 0.4) is 0 Å². The normalized spacial score (nSPS) is 11.7. The molecule has 2 amide bonds. The van der Waals surface area contributed by atoms with Crippen LogP contribution in [0.2, 0.25) is 0 Å². The molecule has 0 unspecified atom stereocenters. The first-order valence-corrected chi connectivity index (χ1v) is 7.21. The highest BCUT2D eigenvalue weighted by Gasteiger charge is 2.11. The average molecular weight is 319 g/mol. The van der Waals surface area contributed by atoms with Gasteiger partial charge in [0.05, 0.1) is 11.6 Å². The molecule has 8 heteroatoms. The molecule has 0 aliphatic rings. The van der Waals surface area contributed by atoms with Crippen LogP contribution in [-0.4, -0.2) is 39.7 Å². The van der Waals surface area contributed by atoms with Crippen molar-refractivity contribution in [2.24, 2.45) is 0 Å². The summed E-state index contributed by atoms with van der Waals surface area (Å²) in [5, 5.41) is 9.24. The summed E-state index contributed by atoms with van der Waals surface area (Å²) < 4.78 is 15.1. The van der Waals surface area contributed by atoms with Crippen LogP contribution in [0.1, 0.15) is 29.7 Å².